The molecule has 178 valence electrons. The Morgan fingerprint density at radius 2 is 1.31 bits per heavy atom. The fourth-order valence-corrected chi connectivity index (χ4v) is 4.22. The van der Waals surface area contributed by atoms with Gasteiger partial charge in [0.1, 0.15) is 0 Å². The second-order valence-corrected chi connectivity index (χ2v) is 8.32. The summed E-state index contributed by atoms with van der Waals surface area (Å²) in [6, 6.07) is 30.4. The standard InChI is InChI=1S/C29H28N2O4/c1-21-20-22(2)31-28(30-21)35-26(27(32)33)29(24-14-8-4-9-15-24,25-16-10-5-11-17-25)34-19-18-23-12-6-3-7-13-23/h3-17,20,26H,18-19H2,1-2H3,(H,32,33)/t26-/m0/s1. The first kappa shape index (κ1) is 24.1. The molecule has 1 aromatic heterocycles. The van der Waals surface area contributed by atoms with Gasteiger partial charge in [-0.25, -0.2) is 14.8 Å². The zero-order valence-electron chi connectivity index (χ0n) is 19.8. The van der Waals surface area contributed by atoms with Crippen molar-refractivity contribution in [3.63, 3.8) is 0 Å². The van der Waals surface area contributed by atoms with Crippen molar-refractivity contribution in [2.24, 2.45) is 0 Å². The number of carboxylic acid groups (broad SMARTS) is 1. The van der Waals surface area contributed by atoms with Crippen LogP contribution in [0.25, 0.3) is 0 Å². The average molecular weight is 469 g/mol. The molecular formula is C29H28N2O4. The third kappa shape index (κ3) is 5.55. The van der Waals surface area contributed by atoms with E-state index in [-0.39, 0.29) is 12.6 Å². The van der Waals surface area contributed by atoms with Gasteiger partial charge in [0.25, 0.3) is 0 Å². The monoisotopic (exact) mass is 468 g/mol. The van der Waals surface area contributed by atoms with Crippen molar-refractivity contribution >= 4 is 5.97 Å². The van der Waals surface area contributed by atoms with E-state index in [4.69, 9.17) is 9.47 Å². The SMILES string of the molecule is Cc1cc(C)nc(O[C@@H](C(=O)O)C(OCCc2ccccc2)(c2ccccc2)c2ccccc2)n1. The number of carbonyl (C=O) groups is 1. The predicted molar refractivity (Wildman–Crippen MR) is 133 cm³/mol. The summed E-state index contributed by atoms with van der Waals surface area (Å²) in [7, 11) is 0. The number of hydrogen-bond acceptors (Lipinski definition) is 5. The molecule has 35 heavy (non-hydrogen) atoms. The smallest absolute Gasteiger partial charge is 0.348 e. The van der Waals surface area contributed by atoms with Crippen LogP contribution in [-0.2, 0) is 21.6 Å². The van der Waals surface area contributed by atoms with Crippen LogP contribution in [0.3, 0.4) is 0 Å². The van der Waals surface area contributed by atoms with Crippen molar-refractivity contribution in [1.29, 1.82) is 0 Å². The number of aryl methyl sites for hydroxylation is 2. The molecule has 0 unspecified atom stereocenters. The summed E-state index contributed by atoms with van der Waals surface area (Å²) in [4.78, 5) is 21.5. The van der Waals surface area contributed by atoms with Crippen LogP contribution in [0.4, 0.5) is 0 Å². The van der Waals surface area contributed by atoms with E-state index >= 15 is 0 Å². The van der Waals surface area contributed by atoms with E-state index in [9.17, 15) is 9.90 Å². The van der Waals surface area contributed by atoms with Crippen LogP contribution < -0.4 is 4.74 Å². The highest BCUT2D eigenvalue weighted by molar-refractivity contribution is 5.76. The lowest BCUT2D eigenvalue weighted by molar-refractivity contribution is -0.164. The molecule has 0 fully saturated rings. The Balaban J connectivity index is 1.83. The molecule has 0 amide bonds. The molecule has 0 aliphatic heterocycles. The van der Waals surface area contributed by atoms with Crippen LogP contribution in [0.5, 0.6) is 6.01 Å². The Morgan fingerprint density at radius 1 is 0.829 bits per heavy atom. The van der Waals surface area contributed by atoms with E-state index in [0.29, 0.717) is 28.9 Å². The molecule has 6 nitrogen and oxygen atoms in total. The highest BCUT2D eigenvalue weighted by Gasteiger charge is 2.50. The number of ether oxygens (including phenoxy) is 2. The third-order valence-corrected chi connectivity index (χ3v) is 5.75. The first-order valence-electron chi connectivity index (χ1n) is 11.5. The molecule has 0 spiro atoms. The molecule has 6 heteroatoms. The van der Waals surface area contributed by atoms with Gasteiger partial charge < -0.3 is 14.6 Å². The summed E-state index contributed by atoms with van der Waals surface area (Å²) in [5, 5.41) is 10.5. The molecule has 1 atom stereocenters. The molecule has 4 rings (SSSR count). The molecule has 1 N–H and O–H groups in total. The lowest BCUT2D eigenvalue weighted by Crippen LogP contribution is -2.51. The quantitative estimate of drug-likeness (QED) is 0.348. The highest BCUT2D eigenvalue weighted by atomic mass is 16.6. The molecule has 0 aliphatic rings. The first-order valence-corrected chi connectivity index (χ1v) is 11.5. The van der Waals surface area contributed by atoms with Gasteiger partial charge in [0.15, 0.2) is 5.60 Å². The van der Waals surface area contributed by atoms with Crippen molar-refractivity contribution in [3.8, 4) is 6.01 Å². The molecular weight excluding hydrogens is 440 g/mol. The second-order valence-electron chi connectivity index (χ2n) is 8.32. The topological polar surface area (TPSA) is 81.5 Å². The summed E-state index contributed by atoms with van der Waals surface area (Å²) in [5.41, 5.74) is 2.34. The van der Waals surface area contributed by atoms with Gasteiger partial charge in [-0.05, 0) is 43.0 Å². The number of aromatic nitrogens is 2. The number of hydrogen-bond donors (Lipinski definition) is 1. The van der Waals surface area contributed by atoms with Crippen LogP contribution in [-0.4, -0.2) is 33.8 Å². The highest BCUT2D eigenvalue weighted by Crippen LogP contribution is 2.39. The maximum Gasteiger partial charge on any atom is 0.348 e. The molecule has 0 aliphatic carbocycles. The van der Waals surface area contributed by atoms with Crippen molar-refractivity contribution in [2.45, 2.75) is 32.0 Å². The molecule has 3 aromatic carbocycles. The van der Waals surface area contributed by atoms with Gasteiger partial charge in [0.2, 0.25) is 6.10 Å². The lowest BCUT2D eigenvalue weighted by Gasteiger charge is -2.39. The summed E-state index contributed by atoms with van der Waals surface area (Å²) in [6.45, 7) is 3.90. The molecule has 4 aromatic rings. The number of nitrogens with zero attached hydrogens (tertiary/aromatic N) is 2. The summed E-state index contributed by atoms with van der Waals surface area (Å²) in [5.74, 6) is -1.18. The molecule has 0 saturated carbocycles. The predicted octanol–water partition coefficient (Wildman–Crippen LogP) is 5.13. The Bertz CT molecular complexity index is 1190. The Morgan fingerprint density at radius 3 is 1.80 bits per heavy atom. The van der Waals surface area contributed by atoms with E-state index in [0.717, 1.165) is 5.56 Å². The Labute approximate surface area is 205 Å². The van der Waals surface area contributed by atoms with Gasteiger partial charge in [0, 0.05) is 11.4 Å². The molecule has 1 heterocycles. The summed E-state index contributed by atoms with van der Waals surface area (Å²) < 4.78 is 12.7. The van der Waals surface area contributed by atoms with Gasteiger partial charge in [-0.1, -0.05) is 91.0 Å². The minimum Gasteiger partial charge on any atom is -0.478 e. The van der Waals surface area contributed by atoms with Crippen molar-refractivity contribution in [3.05, 3.63) is 125 Å². The minimum absolute atomic E-state index is 0.00204. The maximum atomic E-state index is 12.8. The second kappa shape index (κ2) is 10.9. The Hall–Kier alpha value is -4.03. The van der Waals surface area contributed by atoms with Crippen molar-refractivity contribution in [1.82, 2.24) is 9.97 Å². The van der Waals surface area contributed by atoms with E-state index in [1.165, 1.54) is 0 Å². The number of benzene rings is 3. The molecule has 0 saturated heterocycles. The van der Waals surface area contributed by atoms with Crippen LogP contribution in [0.1, 0.15) is 28.1 Å². The van der Waals surface area contributed by atoms with Gasteiger partial charge in [-0.2, -0.15) is 0 Å². The fourth-order valence-electron chi connectivity index (χ4n) is 4.22. The summed E-state index contributed by atoms with van der Waals surface area (Å²) in [6.07, 6.45) is -0.849. The van der Waals surface area contributed by atoms with Crippen molar-refractivity contribution in [2.75, 3.05) is 6.61 Å². The number of carboxylic acids is 1. The van der Waals surface area contributed by atoms with E-state index in [1.807, 2.05) is 105 Å². The van der Waals surface area contributed by atoms with Crippen LogP contribution >= 0.6 is 0 Å². The minimum atomic E-state index is -1.45. The van der Waals surface area contributed by atoms with Gasteiger partial charge >= 0.3 is 12.0 Å². The maximum absolute atomic E-state index is 12.8. The lowest BCUT2D eigenvalue weighted by atomic mass is 9.81. The molecule has 0 radical (unpaired) electrons. The zero-order valence-corrected chi connectivity index (χ0v) is 19.8. The van der Waals surface area contributed by atoms with E-state index in [1.54, 1.807) is 6.07 Å². The van der Waals surface area contributed by atoms with Gasteiger partial charge in [-0.3, -0.25) is 0 Å². The van der Waals surface area contributed by atoms with Gasteiger partial charge in [0.05, 0.1) is 6.61 Å². The van der Waals surface area contributed by atoms with Crippen LogP contribution in [0, 0.1) is 13.8 Å². The van der Waals surface area contributed by atoms with Crippen LogP contribution in [0.15, 0.2) is 97.1 Å². The number of aliphatic carboxylic acids is 1. The Kier molecular flexibility index (Phi) is 7.53. The van der Waals surface area contributed by atoms with E-state index in [2.05, 4.69) is 9.97 Å². The third-order valence-electron chi connectivity index (χ3n) is 5.75. The van der Waals surface area contributed by atoms with Gasteiger partial charge in [-0.15, -0.1) is 0 Å². The molecule has 0 bridgehead atoms. The van der Waals surface area contributed by atoms with Crippen molar-refractivity contribution < 1.29 is 19.4 Å². The van der Waals surface area contributed by atoms with E-state index < -0.39 is 17.7 Å². The zero-order chi connectivity index (χ0) is 24.7. The normalized spacial score (nSPS) is 12.2. The van der Waals surface area contributed by atoms with Crippen LogP contribution in [0.2, 0.25) is 0 Å². The first-order chi connectivity index (χ1) is 17.0. The largest absolute Gasteiger partial charge is 0.478 e. The summed E-state index contributed by atoms with van der Waals surface area (Å²) >= 11 is 0. The fraction of sp³-hybridized carbons (Fsp3) is 0.207. The average Bonchev–Trinajstić information content (AvgIpc) is 2.87. The number of rotatable bonds is 10.